The monoisotopic (exact) mass is 351 g/mol. The molecule has 1 aliphatic heterocycles. The van der Waals surface area contributed by atoms with Gasteiger partial charge in [-0.2, -0.15) is 5.10 Å². The van der Waals surface area contributed by atoms with Crippen molar-refractivity contribution in [3.8, 4) is 28.5 Å². The molecule has 3 aromatic rings. The highest BCUT2D eigenvalue weighted by Crippen LogP contribution is 2.35. The predicted molar refractivity (Wildman–Crippen MR) is 94.4 cm³/mol. The normalized spacial score (nSPS) is 12.0. The van der Waals surface area contributed by atoms with Gasteiger partial charge in [0.25, 0.3) is 5.91 Å². The molecule has 1 aliphatic rings. The molecule has 7 nitrogen and oxygen atoms in total. The topological polar surface area (TPSA) is 85.5 Å². The SMILES string of the molecule is O=C(NCCOc1ccc2c(c1)OCO2)c1cn[nH]c1-c1ccccc1. The molecule has 0 atom stereocenters. The summed E-state index contributed by atoms with van der Waals surface area (Å²) in [5.74, 6) is 1.83. The summed E-state index contributed by atoms with van der Waals surface area (Å²) >= 11 is 0. The minimum Gasteiger partial charge on any atom is -0.492 e. The first-order valence-corrected chi connectivity index (χ1v) is 8.21. The number of H-pyrrole nitrogens is 1. The van der Waals surface area contributed by atoms with Gasteiger partial charge in [-0.15, -0.1) is 0 Å². The summed E-state index contributed by atoms with van der Waals surface area (Å²) < 4.78 is 16.2. The van der Waals surface area contributed by atoms with Crippen molar-refractivity contribution in [2.75, 3.05) is 19.9 Å². The lowest BCUT2D eigenvalue weighted by molar-refractivity contribution is 0.0947. The molecule has 0 aliphatic carbocycles. The number of amides is 1. The fourth-order valence-electron chi connectivity index (χ4n) is 2.68. The molecule has 0 radical (unpaired) electrons. The van der Waals surface area contributed by atoms with E-state index in [1.807, 2.05) is 30.3 Å². The lowest BCUT2D eigenvalue weighted by atomic mass is 10.1. The van der Waals surface area contributed by atoms with Gasteiger partial charge in [0, 0.05) is 11.6 Å². The molecule has 1 amide bonds. The van der Waals surface area contributed by atoms with Crippen LogP contribution in [0.15, 0.2) is 54.7 Å². The van der Waals surface area contributed by atoms with Crippen molar-refractivity contribution in [1.82, 2.24) is 15.5 Å². The molecule has 0 unspecified atom stereocenters. The van der Waals surface area contributed by atoms with Crippen LogP contribution in [0.5, 0.6) is 17.2 Å². The molecule has 1 aromatic heterocycles. The average Bonchev–Trinajstić information content (AvgIpc) is 3.34. The van der Waals surface area contributed by atoms with E-state index in [1.54, 1.807) is 18.2 Å². The Kier molecular flexibility index (Phi) is 4.42. The van der Waals surface area contributed by atoms with E-state index in [2.05, 4.69) is 15.5 Å². The van der Waals surface area contributed by atoms with Crippen molar-refractivity contribution in [3.05, 3.63) is 60.3 Å². The van der Waals surface area contributed by atoms with Crippen LogP contribution in [0.3, 0.4) is 0 Å². The number of hydrogen-bond acceptors (Lipinski definition) is 5. The van der Waals surface area contributed by atoms with E-state index in [1.165, 1.54) is 6.20 Å². The van der Waals surface area contributed by atoms with Crippen LogP contribution in [0.4, 0.5) is 0 Å². The van der Waals surface area contributed by atoms with E-state index in [0.717, 1.165) is 5.56 Å². The Morgan fingerprint density at radius 2 is 2.00 bits per heavy atom. The van der Waals surface area contributed by atoms with Gasteiger partial charge >= 0.3 is 0 Å². The molecule has 0 saturated carbocycles. The smallest absolute Gasteiger partial charge is 0.255 e. The molecule has 26 heavy (non-hydrogen) atoms. The van der Waals surface area contributed by atoms with Crippen LogP contribution in [0.1, 0.15) is 10.4 Å². The van der Waals surface area contributed by atoms with Crippen LogP contribution in [0.2, 0.25) is 0 Å². The van der Waals surface area contributed by atoms with E-state index >= 15 is 0 Å². The minimum atomic E-state index is -0.202. The molecule has 132 valence electrons. The van der Waals surface area contributed by atoms with Crippen LogP contribution in [0.25, 0.3) is 11.3 Å². The summed E-state index contributed by atoms with van der Waals surface area (Å²) in [6, 6.07) is 15.0. The molecule has 4 rings (SSSR count). The number of hydrogen-bond donors (Lipinski definition) is 2. The van der Waals surface area contributed by atoms with Gasteiger partial charge in [-0.05, 0) is 12.1 Å². The third-order valence-electron chi connectivity index (χ3n) is 3.95. The van der Waals surface area contributed by atoms with E-state index < -0.39 is 0 Å². The Labute approximate surface area is 149 Å². The van der Waals surface area contributed by atoms with Crippen LogP contribution >= 0.6 is 0 Å². The highest BCUT2D eigenvalue weighted by atomic mass is 16.7. The number of nitrogens with zero attached hydrogens (tertiary/aromatic N) is 1. The summed E-state index contributed by atoms with van der Waals surface area (Å²) in [7, 11) is 0. The van der Waals surface area contributed by atoms with Crippen LogP contribution in [-0.4, -0.2) is 36.0 Å². The van der Waals surface area contributed by atoms with Gasteiger partial charge in [-0.1, -0.05) is 30.3 Å². The lowest BCUT2D eigenvalue weighted by Crippen LogP contribution is -2.28. The zero-order valence-corrected chi connectivity index (χ0v) is 13.9. The number of ether oxygens (including phenoxy) is 3. The molecule has 0 fully saturated rings. The maximum absolute atomic E-state index is 12.4. The molecule has 0 bridgehead atoms. The number of nitrogens with one attached hydrogen (secondary N) is 2. The first-order valence-electron chi connectivity index (χ1n) is 8.21. The maximum atomic E-state index is 12.4. The Bertz CT molecular complexity index is 908. The Balaban J connectivity index is 1.32. The second-order valence-electron chi connectivity index (χ2n) is 5.64. The number of fused-ring (bicyclic) bond motifs is 1. The van der Waals surface area contributed by atoms with Crippen LogP contribution in [-0.2, 0) is 0 Å². The highest BCUT2D eigenvalue weighted by molar-refractivity contribution is 5.99. The molecular formula is C19H17N3O4. The maximum Gasteiger partial charge on any atom is 0.255 e. The first kappa shape index (κ1) is 16.0. The number of aromatic amines is 1. The van der Waals surface area contributed by atoms with Crippen molar-refractivity contribution in [2.45, 2.75) is 0 Å². The summed E-state index contributed by atoms with van der Waals surface area (Å²) in [6.45, 7) is 0.930. The van der Waals surface area contributed by atoms with Gasteiger partial charge in [0.05, 0.1) is 24.0 Å². The Morgan fingerprint density at radius 1 is 1.15 bits per heavy atom. The van der Waals surface area contributed by atoms with Gasteiger partial charge in [0.15, 0.2) is 11.5 Å². The number of rotatable bonds is 6. The summed E-state index contributed by atoms with van der Waals surface area (Å²) in [6.07, 6.45) is 1.52. The van der Waals surface area contributed by atoms with Crippen molar-refractivity contribution in [1.29, 1.82) is 0 Å². The molecule has 2 N–H and O–H groups in total. The summed E-state index contributed by atoms with van der Waals surface area (Å²) in [5.41, 5.74) is 2.10. The van der Waals surface area contributed by atoms with Gasteiger partial charge in [0.2, 0.25) is 6.79 Å². The molecule has 0 spiro atoms. The molecule has 2 heterocycles. The molecule has 2 aromatic carbocycles. The Hall–Kier alpha value is -3.48. The van der Waals surface area contributed by atoms with Crippen molar-refractivity contribution in [2.24, 2.45) is 0 Å². The number of carbonyl (C=O) groups excluding carboxylic acids is 1. The van der Waals surface area contributed by atoms with Gasteiger partial charge in [0.1, 0.15) is 12.4 Å². The number of benzene rings is 2. The standard InChI is InChI=1S/C19H17N3O4/c23-19(15-11-21-22-18(15)13-4-2-1-3-5-13)20-8-9-24-14-6-7-16-17(10-14)26-12-25-16/h1-7,10-11H,8-9,12H2,(H,20,23)(H,21,22). The van der Waals surface area contributed by atoms with Crippen LogP contribution < -0.4 is 19.5 Å². The largest absolute Gasteiger partial charge is 0.492 e. The first-order chi connectivity index (χ1) is 12.8. The fourth-order valence-corrected chi connectivity index (χ4v) is 2.68. The third kappa shape index (κ3) is 3.32. The third-order valence-corrected chi connectivity index (χ3v) is 3.95. The fraction of sp³-hybridized carbons (Fsp3) is 0.158. The quantitative estimate of drug-likeness (QED) is 0.667. The van der Waals surface area contributed by atoms with Crippen LogP contribution in [0, 0.1) is 0 Å². The molecular weight excluding hydrogens is 334 g/mol. The van der Waals surface area contributed by atoms with Gasteiger partial charge < -0.3 is 19.5 Å². The van der Waals surface area contributed by atoms with Crippen molar-refractivity contribution < 1.29 is 19.0 Å². The van der Waals surface area contributed by atoms with Gasteiger partial charge in [-0.25, -0.2) is 0 Å². The van der Waals surface area contributed by atoms with E-state index in [0.29, 0.717) is 41.7 Å². The molecule has 7 heteroatoms. The minimum absolute atomic E-state index is 0.202. The second kappa shape index (κ2) is 7.18. The summed E-state index contributed by atoms with van der Waals surface area (Å²) in [5, 5.41) is 9.70. The Morgan fingerprint density at radius 3 is 2.88 bits per heavy atom. The number of aromatic nitrogens is 2. The van der Waals surface area contributed by atoms with E-state index in [9.17, 15) is 4.79 Å². The second-order valence-corrected chi connectivity index (χ2v) is 5.64. The average molecular weight is 351 g/mol. The number of carbonyl (C=O) groups is 1. The van der Waals surface area contributed by atoms with Gasteiger partial charge in [-0.3, -0.25) is 9.89 Å². The van der Waals surface area contributed by atoms with E-state index in [-0.39, 0.29) is 12.7 Å². The van der Waals surface area contributed by atoms with Crippen molar-refractivity contribution in [3.63, 3.8) is 0 Å². The van der Waals surface area contributed by atoms with Crippen molar-refractivity contribution >= 4 is 5.91 Å². The molecule has 0 saturated heterocycles. The predicted octanol–water partition coefficient (Wildman–Crippen LogP) is 2.61. The lowest BCUT2D eigenvalue weighted by Gasteiger charge is -2.08. The highest BCUT2D eigenvalue weighted by Gasteiger charge is 2.15. The zero-order valence-electron chi connectivity index (χ0n) is 13.9. The summed E-state index contributed by atoms with van der Waals surface area (Å²) in [4.78, 5) is 12.4. The van der Waals surface area contributed by atoms with E-state index in [4.69, 9.17) is 14.2 Å². The zero-order chi connectivity index (χ0) is 17.8.